The summed E-state index contributed by atoms with van der Waals surface area (Å²) in [5, 5.41) is 20.2. The highest BCUT2D eigenvalue weighted by Crippen LogP contribution is 2.39. The van der Waals surface area contributed by atoms with E-state index in [1.165, 1.54) is 11.0 Å². The molecule has 9 heteroatoms. The lowest BCUT2D eigenvalue weighted by atomic mass is 10.1. The second-order valence-corrected chi connectivity index (χ2v) is 5.55. The molecule has 1 unspecified atom stereocenters. The van der Waals surface area contributed by atoms with Crippen LogP contribution in [0.4, 0.5) is 11.4 Å². The van der Waals surface area contributed by atoms with Gasteiger partial charge in [0, 0.05) is 23.5 Å². The highest BCUT2D eigenvalue weighted by Gasteiger charge is 2.35. The Kier molecular flexibility index (Phi) is 4.24. The fraction of sp³-hybridized carbons (Fsp3) is 0.333. The van der Waals surface area contributed by atoms with E-state index in [9.17, 15) is 19.7 Å². The van der Waals surface area contributed by atoms with E-state index < -0.39 is 16.6 Å². The lowest BCUT2D eigenvalue weighted by Gasteiger charge is -2.18. The van der Waals surface area contributed by atoms with Crippen molar-refractivity contribution < 1.29 is 19.6 Å². The van der Waals surface area contributed by atoms with Crippen LogP contribution < -0.4 is 10.6 Å². The number of benzene rings is 1. The average molecular weight is 358 g/mol. The summed E-state index contributed by atoms with van der Waals surface area (Å²) in [6.45, 7) is 0.585. The zero-order valence-corrected chi connectivity index (χ0v) is 12.4. The number of nitro groups is 1. The minimum absolute atomic E-state index is 0.0665. The Morgan fingerprint density at radius 3 is 2.71 bits per heavy atom. The topological polar surface area (TPSA) is 127 Å². The maximum absolute atomic E-state index is 12.0. The third kappa shape index (κ3) is 2.88. The largest absolute Gasteiger partial charge is 0.478 e. The van der Waals surface area contributed by atoms with Gasteiger partial charge in [-0.15, -0.1) is 0 Å². The number of carbonyl (C=O) groups excluding carboxylic acids is 1. The predicted molar refractivity (Wildman–Crippen MR) is 77.3 cm³/mol. The minimum atomic E-state index is -1.28. The highest BCUT2D eigenvalue weighted by atomic mass is 79.9. The quantitative estimate of drug-likeness (QED) is 0.618. The van der Waals surface area contributed by atoms with Crippen molar-refractivity contribution in [3.05, 3.63) is 32.3 Å². The molecule has 112 valence electrons. The number of carboxylic acids is 1. The first kappa shape index (κ1) is 15.4. The number of hydrogen-bond acceptors (Lipinski definition) is 5. The molecule has 1 aromatic rings. The molecule has 1 saturated heterocycles. The maximum Gasteiger partial charge on any atom is 0.335 e. The average Bonchev–Trinajstić information content (AvgIpc) is 2.78. The van der Waals surface area contributed by atoms with Crippen molar-refractivity contribution >= 4 is 39.2 Å². The van der Waals surface area contributed by atoms with Gasteiger partial charge in [-0.1, -0.05) is 0 Å². The van der Waals surface area contributed by atoms with Gasteiger partial charge in [0.25, 0.3) is 5.69 Å². The molecule has 2 rings (SSSR count). The van der Waals surface area contributed by atoms with Crippen LogP contribution in [-0.2, 0) is 4.79 Å². The molecule has 1 aromatic carbocycles. The van der Waals surface area contributed by atoms with Gasteiger partial charge in [0.2, 0.25) is 5.91 Å². The number of anilines is 1. The first-order valence-corrected chi connectivity index (χ1v) is 6.86. The van der Waals surface area contributed by atoms with E-state index in [0.29, 0.717) is 6.54 Å². The van der Waals surface area contributed by atoms with Gasteiger partial charge in [0.15, 0.2) is 0 Å². The lowest BCUT2D eigenvalue weighted by molar-refractivity contribution is -0.384. The van der Waals surface area contributed by atoms with Gasteiger partial charge >= 0.3 is 5.97 Å². The van der Waals surface area contributed by atoms with Crippen LogP contribution in [0.1, 0.15) is 16.8 Å². The van der Waals surface area contributed by atoms with Gasteiger partial charge in [0.1, 0.15) is 5.69 Å². The zero-order valence-electron chi connectivity index (χ0n) is 10.8. The number of hydrogen-bond donors (Lipinski definition) is 2. The van der Waals surface area contributed by atoms with Crippen LogP contribution in [0.5, 0.6) is 0 Å². The standard InChI is InChI=1S/C12H12BrN3O5/c13-8-2-7(12(18)19)3-9(16(20)21)11(8)15-5-6(4-14)1-10(15)17/h2-3,6H,1,4-5,14H2,(H,18,19). The van der Waals surface area contributed by atoms with E-state index in [2.05, 4.69) is 15.9 Å². The number of carboxylic acid groups (broad SMARTS) is 1. The molecular weight excluding hydrogens is 346 g/mol. The van der Waals surface area contributed by atoms with Gasteiger partial charge in [-0.05, 0) is 34.5 Å². The molecule has 0 bridgehead atoms. The molecule has 3 N–H and O–H groups in total. The van der Waals surface area contributed by atoms with Gasteiger partial charge in [-0.25, -0.2) is 4.79 Å². The molecule has 0 spiro atoms. The van der Waals surface area contributed by atoms with E-state index in [0.717, 1.165) is 6.07 Å². The number of halogens is 1. The smallest absolute Gasteiger partial charge is 0.335 e. The molecule has 0 aliphatic carbocycles. The summed E-state index contributed by atoms with van der Waals surface area (Å²) in [6, 6.07) is 2.19. The second-order valence-electron chi connectivity index (χ2n) is 4.70. The van der Waals surface area contributed by atoms with Crippen molar-refractivity contribution in [1.29, 1.82) is 0 Å². The van der Waals surface area contributed by atoms with Crippen molar-refractivity contribution in [3.8, 4) is 0 Å². The Bertz CT molecular complexity index is 634. The number of amides is 1. The summed E-state index contributed by atoms with van der Waals surface area (Å²) in [6.07, 6.45) is 0.223. The Morgan fingerprint density at radius 2 is 2.24 bits per heavy atom. The molecule has 8 nitrogen and oxygen atoms in total. The first-order valence-electron chi connectivity index (χ1n) is 6.06. The summed E-state index contributed by atoms with van der Waals surface area (Å²) in [7, 11) is 0. The van der Waals surface area contributed by atoms with Crippen LogP contribution in [0.15, 0.2) is 16.6 Å². The summed E-state index contributed by atoms with van der Waals surface area (Å²) in [5.74, 6) is -1.61. The molecule has 0 aromatic heterocycles. The van der Waals surface area contributed by atoms with Crippen molar-refractivity contribution in [1.82, 2.24) is 0 Å². The molecule has 21 heavy (non-hydrogen) atoms. The van der Waals surface area contributed by atoms with Crippen molar-refractivity contribution in [2.24, 2.45) is 11.7 Å². The van der Waals surface area contributed by atoms with E-state index in [1.807, 2.05) is 0 Å². The second kappa shape index (κ2) is 5.78. The van der Waals surface area contributed by atoms with E-state index in [-0.39, 0.29) is 40.5 Å². The zero-order chi connectivity index (χ0) is 15.7. The number of carbonyl (C=O) groups is 2. The number of nitrogens with two attached hydrogens (primary N) is 1. The monoisotopic (exact) mass is 357 g/mol. The molecule has 1 aliphatic rings. The van der Waals surface area contributed by atoms with Gasteiger partial charge < -0.3 is 15.7 Å². The summed E-state index contributed by atoms with van der Waals surface area (Å²) < 4.78 is 0.195. The van der Waals surface area contributed by atoms with Crippen LogP contribution in [0.25, 0.3) is 0 Å². The Labute approximate surface area is 127 Å². The van der Waals surface area contributed by atoms with Crippen molar-refractivity contribution in [3.63, 3.8) is 0 Å². The first-order chi connectivity index (χ1) is 9.85. The third-order valence-corrected chi connectivity index (χ3v) is 3.90. The summed E-state index contributed by atoms with van der Waals surface area (Å²) in [5.41, 5.74) is 4.96. The van der Waals surface area contributed by atoms with Crippen LogP contribution in [0.3, 0.4) is 0 Å². The number of rotatable bonds is 4. The minimum Gasteiger partial charge on any atom is -0.478 e. The molecule has 1 fully saturated rings. The van der Waals surface area contributed by atoms with Crippen molar-refractivity contribution in [2.75, 3.05) is 18.0 Å². The molecule has 0 radical (unpaired) electrons. The molecule has 1 amide bonds. The van der Waals surface area contributed by atoms with Crippen LogP contribution in [0, 0.1) is 16.0 Å². The van der Waals surface area contributed by atoms with E-state index in [4.69, 9.17) is 10.8 Å². The van der Waals surface area contributed by atoms with Crippen LogP contribution >= 0.6 is 15.9 Å². The van der Waals surface area contributed by atoms with Crippen LogP contribution in [-0.4, -0.2) is 35.0 Å². The number of aromatic carboxylic acids is 1. The SMILES string of the molecule is NCC1CC(=O)N(c2c(Br)cc(C(=O)O)cc2[N+](=O)[O-])C1. The van der Waals surface area contributed by atoms with E-state index >= 15 is 0 Å². The summed E-state index contributed by atoms with van der Waals surface area (Å²) in [4.78, 5) is 34.8. The molecule has 1 aliphatic heterocycles. The fourth-order valence-corrected chi connectivity index (χ4v) is 2.93. The highest BCUT2D eigenvalue weighted by molar-refractivity contribution is 9.10. The molecule has 1 heterocycles. The molecule has 0 saturated carbocycles. The lowest BCUT2D eigenvalue weighted by Crippen LogP contribution is -2.27. The predicted octanol–water partition coefficient (Wildman–Crippen LogP) is 1.37. The van der Waals surface area contributed by atoms with Gasteiger partial charge in [-0.2, -0.15) is 0 Å². The van der Waals surface area contributed by atoms with Crippen molar-refractivity contribution in [2.45, 2.75) is 6.42 Å². The normalized spacial score (nSPS) is 18.1. The number of nitrogens with zero attached hydrogens (tertiary/aromatic N) is 2. The molecule has 1 atom stereocenters. The summed E-state index contributed by atoms with van der Waals surface area (Å²) >= 11 is 3.12. The number of nitro benzene ring substituents is 1. The maximum atomic E-state index is 12.0. The van der Waals surface area contributed by atoms with E-state index in [1.54, 1.807) is 0 Å². The fourth-order valence-electron chi connectivity index (χ4n) is 2.27. The van der Waals surface area contributed by atoms with Crippen LogP contribution in [0.2, 0.25) is 0 Å². The van der Waals surface area contributed by atoms with Gasteiger partial charge in [0.05, 0.1) is 10.5 Å². The van der Waals surface area contributed by atoms with Gasteiger partial charge in [-0.3, -0.25) is 14.9 Å². The Hall–Kier alpha value is -2.00. The molecular formula is C12H12BrN3O5. The third-order valence-electron chi connectivity index (χ3n) is 3.30. The Balaban J connectivity index is 2.55. The Morgan fingerprint density at radius 1 is 1.57 bits per heavy atom.